The van der Waals surface area contributed by atoms with Gasteiger partial charge in [-0.3, -0.25) is 9.59 Å². The topological polar surface area (TPSA) is 58.6 Å². The molecule has 1 N–H and O–H groups in total. The van der Waals surface area contributed by atoms with E-state index < -0.39 is 5.41 Å². The minimum absolute atomic E-state index is 0.00812. The Labute approximate surface area is 112 Å². The first-order valence-electron chi connectivity index (χ1n) is 6.14. The van der Waals surface area contributed by atoms with Crippen molar-refractivity contribution in [2.24, 2.45) is 5.41 Å². The van der Waals surface area contributed by atoms with Crippen molar-refractivity contribution in [3.05, 3.63) is 18.2 Å². The lowest BCUT2D eigenvalue weighted by Crippen LogP contribution is -2.39. The minimum Gasteiger partial charge on any atom is -0.490 e. The van der Waals surface area contributed by atoms with Crippen molar-refractivity contribution in [1.82, 2.24) is 0 Å². The number of fused-ring (bicyclic) bond motifs is 1. The zero-order valence-corrected chi connectivity index (χ0v) is 11.6. The van der Waals surface area contributed by atoms with Gasteiger partial charge in [0.25, 0.3) is 0 Å². The molecular formula is C14H18N2O3. The molecule has 1 aromatic carbocycles. The van der Waals surface area contributed by atoms with Crippen molar-refractivity contribution in [1.29, 1.82) is 0 Å². The van der Waals surface area contributed by atoms with Crippen molar-refractivity contribution in [2.75, 3.05) is 23.9 Å². The molecule has 0 spiro atoms. The van der Waals surface area contributed by atoms with Crippen LogP contribution in [-0.4, -0.2) is 25.5 Å². The zero-order valence-electron chi connectivity index (χ0n) is 11.6. The van der Waals surface area contributed by atoms with E-state index in [1.165, 1.54) is 6.92 Å². The van der Waals surface area contributed by atoms with Crippen molar-refractivity contribution >= 4 is 23.2 Å². The second-order valence-electron chi connectivity index (χ2n) is 5.40. The summed E-state index contributed by atoms with van der Waals surface area (Å²) in [5.41, 5.74) is 0.748. The minimum atomic E-state index is -0.568. The second kappa shape index (κ2) is 4.57. The third-order valence-corrected chi connectivity index (χ3v) is 3.11. The zero-order chi connectivity index (χ0) is 14.2. The molecule has 0 fully saturated rings. The van der Waals surface area contributed by atoms with Gasteiger partial charge in [-0.15, -0.1) is 0 Å². The number of amides is 2. The fourth-order valence-corrected chi connectivity index (χ4v) is 2.07. The van der Waals surface area contributed by atoms with E-state index in [0.29, 0.717) is 23.7 Å². The number of nitrogens with zero attached hydrogens (tertiary/aromatic N) is 1. The van der Waals surface area contributed by atoms with Crippen LogP contribution < -0.4 is 15.0 Å². The van der Waals surface area contributed by atoms with Gasteiger partial charge in [-0.05, 0) is 32.0 Å². The van der Waals surface area contributed by atoms with Gasteiger partial charge in [0.05, 0.1) is 11.1 Å². The Balaban J connectivity index is 2.42. The summed E-state index contributed by atoms with van der Waals surface area (Å²) >= 11 is 0. The summed E-state index contributed by atoms with van der Waals surface area (Å²) in [7, 11) is 1.72. The van der Waals surface area contributed by atoms with E-state index in [1.807, 2.05) is 13.8 Å². The molecule has 0 radical (unpaired) electrons. The van der Waals surface area contributed by atoms with Gasteiger partial charge in [0.1, 0.15) is 12.4 Å². The highest BCUT2D eigenvalue weighted by molar-refractivity contribution is 6.00. The van der Waals surface area contributed by atoms with Gasteiger partial charge in [0, 0.05) is 19.7 Å². The molecule has 0 saturated heterocycles. The number of ether oxygens (including phenoxy) is 1. The molecule has 5 nitrogen and oxygen atoms in total. The van der Waals surface area contributed by atoms with Crippen LogP contribution >= 0.6 is 0 Å². The average Bonchev–Trinajstić information content (AvgIpc) is 2.41. The predicted molar refractivity (Wildman–Crippen MR) is 73.4 cm³/mol. The lowest BCUT2D eigenvalue weighted by atomic mass is 9.93. The van der Waals surface area contributed by atoms with E-state index in [0.717, 1.165) is 0 Å². The van der Waals surface area contributed by atoms with Crippen LogP contribution in [-0.2, 0) is 9.59 Å². The maximum Gasteiger partial charge on any atom is 0.235 e. The molecule has 0 saturated carbocycles. The Morgan fingerprint density at radius 3 is 2.74 bits per heavy atom. The van der Waals surface area contributed by atoms with Crippen LogP contribution in [0.15, 0.2) is 18.2 Å². The van der Waals surface area contributed by atoms with Crippen molar-refractivity contribution in [2.45, 2.75) is 20.8 Å². The summed E-state index contributed by atoms with van der Waals surface area (Å²) < 4.78 is 5.69. The van der Waals surface area contributed by atoms with E-state index >= 15 is 0 Å². The van der Waals surface area contributed by atoms with Crippen LogP contribution in [0.2, 0.25) is 0 Å². The molecular weight excluding hydrogens is 244 g/mol. The van der Waals surface area contributed by atoms with Gasteiger partial charge in [-0.1, -0.05) is 0 Å². The van der Waals surface area contributed by atoms with Gasteiger partial charge in [0.2, 0.25) is 11.8 Å². The maximum atomic E-state index is 12.3. The van der Waals surface area contributed by atoms with Gasteiger partial charge in [0.15, 0.2) is 0 Å². The van der Waals surface area contributed by atoms with E-state index in [9.17, 15) is 9.59 Å². The number of hydrogen-bond acceptors (Lipinski definition) is 3. The first kappa shape index (κ1) is 13.4. The van der Waals surface area contributed by atoms with Crippen molar-refractivity contribution in [3.63, 3.8) is 0 Å². The second-order valence-corrected chi connectivity index (χ2v) is 5.40. The van der Waals surface area contributed by atoms with E-state index in [2.05, 4.69) is 5.32 Å². The van der Waals surface area contributed by atoms with Crippen LogP contribution in [0.4, 0.5) is 11.4 Å². The number of anilines is 2. The van der Waals surface area contributed by atoms with Gasteiger partial charge < -0.3 is 15.0 Å². The van der Waals surface area contributed by atoms with Crippen LogP contribution in [0.3, 0.4) is 0 Å². The molecule has 5 heteroatoms. The van der Waals surface area contributed by atoms with E-state index in [-0.39, 0.29) is 11.8 Å². The third kappa shape index (κ3) is 2.54. The number of carbonyl (C=O) groups excluding carboxylic acids is 2. The molecule has 0 aliphatic carbocycles. The molecule has 2 amide bonds. The molecule has 0 aromatic heterocycles. The van der Waals surface area contributed by atoms with E-state index in [1.54, 1.807) is 30.1 Å². The summed E-state index contributed by atoms with van der Waals surface area (Å²) in [6.45, 7) is 5.49. The molecule has 1 aromatic rings. The number of benzene rings is 1. The first-order valence-corrected chi connectivity index (χ1v) is 6.14. The number of carbonyl (C=O) groups is 2. The lowest BCUT2D eigenvalue weighted by Gasteiger charge is -2.24. The smallest absolute Gasteiger partial charge is 0.235 e. The molecule has 1 aliphatic heterocycles. The summed E-state index contributed by atoms with van der Waals surface area (Å²) in [6.07, 6.45) is 0. The van der Waals surface area contributed by atoms with Crippen LogP contribution in [0, 0.1) is 5.41 Å². The quantitative estimate of drug-likeness (QED) is 0.842. The maximum absolute atomic E-state index is 12.3. The molecule has 0 unspecified atom stereocenters. The Bertz CT molecular complexity index is 537. The Hall–Kier alpha value is -2.04. The van der Waals surface area contributed by atoms with Gasteiger partial charge in [-0.25, -0.2) is 0 Å². The predicted octanol–water partition coefficient (Wildman–Crippen LogP) is 2.03. The van der Waals surface area contributed by atoms with Crippen LogP contribution in [0.25, 0.3) is 0 Å². The van der Waals surface area contributed by atoms with Crippen molar-refractivity contribution in [3.8, 4) is 5.75 Å². The first-order chi connectivity index (χ1) is 8.81. The summed E-state index contributed by atoms with van der Waals surface area (Å²) in [4.78, 5) is 25.0. The Morgan fingerprint density at radius 1 is 1.42 bits per heavy atom. The average molecular weight is 262 g/mol. The number of rotatable bonds is 1. The van der Waals surface area contributed by atoms with Crippen LogP contribution in [0.5, 0.6) is 5.75 Å². The molecule has 0 atom stereocenters. The molecule has 1 aliphatic rings. The van der Waals surface area contributed by atoms with Crippen LogP contribution in [0.1, 0.15) is 20.8 Å². The molecule has 0 bridgehead atoms. The van der Waals surface area contributed by atoms with Gasteiger partial charge >= 0.3 is 0 Å². The molecule has 2 rings (SSSR count). The summed E-state index contributed by atoms with van der Waals surface area (Å²) in [6, 6.07) is 5.28. The lowest BCUT2D eigenvalue weighted by molar-refractivity contribution is -0.127. The van der Waals surface area contributed by atoms with Crippen molar-refractivity contribution < 1.29 is 14.3 Å². The number of nitrogens with one attached hydrogen (secondary N) is 1. The highest BCUT2D eigenvalue weighted by Gasteiger charge is 2.36. The van der Waals surface area contributed by atoms with E-state index in [4.69, 9.17) is 4.74 Å². The highest BCUT2D eigenvalue weighted by Crippen LogP contribution is 2.37. The molecule has 19 heavy (non-hydrogen) atoms. The SMILES string of the molecule is CC(=O)Nc1ccc2c(c1)N(C)C(=O)C(C)(C)CO2. The number of hydrogen-bond donors (Lipinski definition) is 1. The third-order valence-electron chi connectivity index (χ3n) is 3.11. The molecule has 1 heterocycles. The standard InChI is InChI=1S/C14H18N2O3/c1-9(17)15-10-5-6-12-11(7-10)16(4)13(18)14(2,3)8-19-12/h5-7H,8H2,1-4H3,(H,15,17). The normalized spacial score (nSPS) is 17.3. The monoisotopic (exact) mass is 262 g/mol. The fourth-order valence-electron chi connectivity index (χ4n) is 2.07. The molecule has 102 valence electrons. The summed E-state index contributed by atoms with van der Waals surface area (Å²) in [5, 5.41) is 2.70. The Morgan fingerprint density at radius 2 is 2.11 bits per heavy atom. The fraction of sp³-hybridized carbons (Fsp3) is 0.429. The Kier molecular flexibility index (Phi) is 3.22. The highest BCUT2D eigenvalue weighted by atomic mass is 16.5. The summed E-state index contributed by atoms with van der Waals surface area (Å²) in [5.74, 6) is 0.491. The largest absolute Gasteiger partial charge is 0.490 e. The van der Waals surface area contributed by atoms with Gasteiger partial charge in [-0.2, -0.15) is 0 Å².